The average Bonchev–Trinajstić information content (AvgIpc) is 3.42. The van der Waals surface area contributed by atoms with Gasteiger partial charge in [0.05, 0.1) is 26.0 Å². The second kappa shape index (κ2) is 12.9. The molecule has 2 aromatic carbocycles. The summed E-state index contributed by atoms with van der Waals surface area (Å²) in [5, 5.41) is 2.95. The van der Waals surface area contributed by atoms with E-state index in [4.69, 9.17) is 9.15 Å². The van der Waals surface area contributed by atoms with Crippen LogP contribution in [0.5, 0.6) is 0 Å². The first-order valence-electron chi connectivity index (χ1n) is 12.3. The van der Waals surface area contributed by atoms with Gasteiger partial charge in [-0.25, -0.2) is 4.79 Å². The van der Waals surface area contributed by atoms with Crippen molar-refractivity contribution >= 4 is 17.6 Å². The standard InChI is InChI=1S/C28H34N4O4/c1-23-9-11-25(12-10-23)29-28(34)31(14-13-30-15-18-35-19-16-30)22-27(33)32(21-26-8-5-17-36-26)20-24-6-3-2-4-7-24/h2-12,17H,13-16,18-22H2,1H3,(H,29,34). The number of benzene rings is 2. The Labute approximate surface area is 212 Å². The summed E-state index contributed by atoms with van der Waals surface area (Å²) in [5.41, 5.74) is 2.83. The number of carbonyl (C=O) groups excluding carboxylic acids is 2. The third-order valence-corrected chi connectivity index (χ3v) is 6.20. The van der Waals surface area contributed by atoms with Crippen molar-refractivity contribution in [1.29, 1.82) is 0 Å². The number of rotatable bonds is 10. The highest BCUT2D eigenvalue weighted by Crippen LogP contribution is 2.14. The molecule has 0 unspecified atom stereocenters. The number of hydrogen-bond donors (Lipinski definition) is 1. The van der Waals surface area contributed by atoms with E-state index in [9.17, 15) is 9.59 Å². The molecule has 1 fully saturated rings. The SMILES string of the molecule is Cc1ccc(NC(=O)N(CCN2CCOCC2)CC(=O)N(Cc2ccccc2)Cc2ccco2)cc1. The highest BCUT2D eigenvalue weighted by molar-refractivity contribution is 5.92. The van der Waals surface area contributed by atoms with E-state index >= 15 is 0 Å². The molecule has 1 saturated heterocycles. The fourth-order valence-corrected chi connectivity index (χ4v) is 4.07. The fraction of sp³-hybridized carbons (Fsp3) is 0.357. The predicted octanol–water partition coefficient (Wildman–Crippen LogP) is 3.98. The Kier molecular flexibility index (Phi) is 9.13. The van der Waals surface area contributed by atoms with Crippen LogP contribution in [0.4, 0.5) is 10.5 Å². The molecule has 8 heteroatoms. The van der Waals surface area contributed by atoms with Gasteiger partial charge in [0.2, 0.25) is 5.91 Å². The third-order valence-electron chi connectivity index (χ3n) is 6.20. The molecule has 190 valence electrons. The van der Waals surface area contributed by atoms with E-state index in [0.717, 1.165) is 24.2 Å². The van der Waals surface area contributed by atoms with Crippen molar-refractivity contribution in [2.24, 2.45) is 0 Å². The number of hydrogen-bond acceptors (Lipinski definition) is 5. The number of carbonyl (C=O) groups is 2. The first kappa shape index (κ1) is 25.5. The van der Waals surface area contributed by atoms with Gasteiger partial charge in [0.15, 0.2) is 0 Å². The molecular formula is C28H34N4O4. The van der Waals surface area contributed by atoms with E-state index in [0.29, 0.717) is 50.8 Å². The van der Waals surface area contributed by atoms with Crippen LogP contribution in [0, 0.1) is 6.92 Å². The lowest BCUT2D eigenvalue weighted by molar-refractivity contribution is -0.133. The van der Waals surface area contributed by atoms with Gasteiger partial charge in [-0.3, -0.25) is 9.69 Å². The Bertz CT molecular complexity index is 1080. The Morgan fingerprint density at radius 2 is 1.67 bits per heavy atom. The van der Waals surface area contributed by atoms with Crippen LogP contribution in [-0.2, 0) is 22.6 Å². The van der Waals surface area contributed by atoms with Crippen molar-refractivity contribution in [3.63, 3.8) is 0 Å². The van der Waals surface area contributed by atoms with Crippen molar-refractivity contribution in [3.8, 4) is 0 Å². The number of aryl methyl sites for hydroxylation is 1. The number of furan rings is 1. The maximum absolute atomic E-state index is 13.6. The lowest BCUT2D eigenvalue weighted by Gasteiger charge is -2.31. The van der Waals surface area contributed by atoms with Gasteiger partial charge in [-0.2, -0.15) is 0 Å². The van der Waals surface area contributed by atoms with Gasteiger partial charge in [0.1, 0.15) is 12.3 Å². The zero-order valence-electron chi connectivity index (χ0n) is 20.8. The molecule has 1 N–H and O–H groups in total. The molecule has 2 heterocycles. The third kappa shape index (κ3) is 7.69. The quantitative estimate of drug-likeness (QED) is 0.465. The maximum atomic E-state index is 13.6. The highest BCUT2D eigenvalue weighted by atomic mass is 16.5. The monoisotopic (exact) mass is 490 g/mol. The summed E-state index contributed by atoms with van der Waals surface area (Å²) in [5.74, 6) is 0.555. The van der Waals surface area contributed by atoms with E-state index in [2.05, 4.69) is 10.2 Å². The molecule has 1 aliphatic rings. The average molecular weight is 491 g/mol. The molecule has 3 amide bonds. The van der Waals surface area contributed by atoms with Gasteiger partial charge < -0.3 is 24.3 Å². The number of nitrogens with one attached hydrogen (secondary N) is 1. The summed E-state index contributed by atoms with van der Waals surface area (Å²) in [6.45, 7) is 6.84. The summed E-state index contributed by atoms with van der Waals surface area (Å²) >= 11 is 0. The van der Waals surface area contributed by atoms with E-state index in [1.54, 1.807) is 16.1 Å². The molecule has 36 heavy (non-hydrogen) atoms. The first-order valence-corrected chi connectivity index (χ1v) is 12.3. The first-order chi connectivity index (χ1) is 17.6. The summed E-state index contributed by atoms with van der Waals surface area (Å²) in [6.07, 6.45) is 1.60. The van der Waals surface area contributed by atoms with Gasteiger partial charge >= 0.3 is 6.03 Å². The number of morpholine rings is 1. The van der Waals surface area contributed by atoms with E-state index in [-0.39, 0.29) is 18.5 Å². The van der Waals surface area contributed by atoms with Crippen molar-refractivity contribution < 1.29 is 18.7 Å². The molecule has 1 aromatic heterocycles. The second-order valence-corrected chi connectivity index (χ2v) is 8.99. The fourth-order valence-electron chi connectivity index (χ4n) is 4.07. The summed E-state index contributed by atoms with van der Waals surface area (Å²) in [7, 11) is 0. The van der Waals surface area contributed by atoms with Gasteiger partial charge in [-0.1, -0.05) is 48.0 Å². The number of amides is 3. The van der Waals surface area contributed by atoms with Gasteiger partial charge in [-0.05, 0) is 36.8 Å². The molecule has 1 aliphatic heterocycles. The molecule has 4 rings (SSSR count). The number of anilines is 1. The van der Waals surface area contributed by atoms with Gasteiger partial charge in [-0.15, -0.1) is 0 Å². The molecule has 0 bridgehead atoms. The van der Waals surface area contributed by atoms with Crippen LogP contribution in [0.1, 0.15) is 16.9 Å². The minimum Gasteiger partial charge on any atom is -0.467 e. The van der Waals surface area contributed by atoms with Crippen molar-refractivity contribution in [2.75, 3.05) is 51.3 Å². The molecule has 0 spiro atoms. The molecular weight excluding hydrogens is 456 g/mol. The highest BCUT2D eigenvalue weighted by Gasteiger charge is 2.24. The zero-order valence-corrected chi connectivity index (χ0v) is 20.8. The molecule has 8 nitrogen and oxygen atoms in total. The smallest absolute Gasteiger partial charge is 0.322 e. The van der Waals surface area contributed by atoms with E-state index < -0.39 is 0 Å². The number of urea groups is 1. The van der Waals surface area contributed by atoms with Crippen LogP contribution in [0.15, 0.2) is 77.4 Å². The van der Waals surface area contributed by atoms with Crippen LogP contribution in [0.3, 0.4) is 0 Å². The lowest BCUT2D eigenvalue weighted by Crippen LogP contribution is -2.48. The zero-order chi connectivity index (χ0) is 25.2. The van der Waals surface area contributed by atoms with Crippen molar-refractivity contribution in [3.05, 3.63) is 89.9 Å². The second-order valence-electron chi connectivity index (χ2n) is 8.99. The van der Waals surface area contributed by atoms with Crippen molar-refractivity contribution in [2.45, 2.75) is 20.0 Å². The largest absolute Gasteiger partial charge is 0.467 e. The number of nitrogens with zero attached hydrogens (tertiary/aromatic N) is 3. The molecule has 0 radical (unpaired) electrons. The maximum Gasteiger partial charge on any atom is 0.322 e. The Balaban J connectivity index is 1.47. The minimum absolute atomic E-state index is 0.0322. The van der Waals surface area contributed by atoms with Crippen LogP contribution < -0.4 is 5.32 Å². The molecule has 0 aliphatic carbocycles. The van der Waals surface area contributed by atoms with Gasteiger partial charge in [0.25, 0.3) is 0 Å². The summed E-state index contributed by atoms with van der Waals surface area (Å²) < 4.78 is 11.0. The van der Waals surface area contributed by atoms with E-state index in [1.165, 1.54) is 0 Å². The predicted molar refractivity (Wildman–Crippen MR) is 138 cm³/mol. The Morgan fingerprint density at radius 1 is 0.917 bits per heavy atom. The molecule has 3 aromatic rings. The summed E-state index contributed by atoms with van der Waals surface area (Å²) in [4.78, 5) is 32.4. The minimum atomic E-state index is -0.293. The van der Waals surface area contributed by atoms with Crippen LogP contribution >= 0.6 is 0 Å². The van der Waals surface area contributed by atoms with Crippen molar-refractivity contribution in [1.82, 2.24) is 14.7 Å². The van der Waals surface area contributed by atoms with Gasteiger partial charge in [0, 0.05) is 38.4 Å². The van der Waals surface area contributed by atoms with Crippen LogP contribution in [-0.4, -0.2) is 72.6 Å². The van der Waals surface area contributed by atoms with Crippen LogP contribution in [0.25, 0.3) is 0 Å². The van der Waals surface area contributed by atoms with Crippen LogP contribution in [0.2, 0.25) is 0 Å². The topological polar surface area (TPSA) is 78.3 Å². The Morgan fingerprint density at radius 3 is 2.36 bits per heavy atom. The summed E-state index contributed by atoms with van der Waals surface area (Å²) in [6, 6.07) is 20.8. The number of ether oxygens (including phenoxy) is 1. The molecule has 0 atom stereocenters. The Hall–Kier alpha value is -3.62. The molecule has 0 saturated carbocycles. The lowest BCUT2D eigenvalue weighted by atomic mass is 10.2. The normalized spacial score (nSPS) is 13.8. The van der Waals surface area contributed by atoms with E-state index in [1.807, 2.05) is 73.7 Å².